The van der Waals surface area contributed by atoms with Gasteiger partial charge in [-0.1, -0.05) is 33.6 Å². The van der Waals surface area contributed by atoms with E-state index in [0.717, 1.165) is 24.0 Å². The number of hydrogen-bond donors (Lipinski definition) is 0. The van der Waals surface area contributed by atoms with Crippen molar-refractivity contribution < 1.29 is 0 Å². The molecule has 82 valence electrons. The second-order valence-electron chi connectivity index (χ2n) is 5.61. The summed E-state index contributed by atoms with van der Waals surface area (Å²) in [6.45, 7) is 7.01. The minimum atomic E-state index is 0.893. The highest BCUT2D eigenvalue weighted by molar-refractivity contribution is 5.05. The van der Waals surface area contributed by atoms with Crippen LogP contribution in [0.15, 0.2) is 0 Å². The second kappa shape index (κ2) is 4.22. The van der Waals surface area contributed by atoms with Gasteiger partial charge in [-0.25, -0.2) is 0 Å². The van der Waals surface area contributed by atoms with E-state index in [0.29, 0.717) is 0 Å². The lowest BCUT2D eigenvalue weighted by Crippen LogP contribution is -2.69. The molecule has 2 heterocycles. The number of piperidine rings is 1. The van der Waals surface area contributed by atoms with Crippen molar-refractivity contribution in [2.75, 3.05) is 0 Å². The Morgan fingerprint density at radius 1 is 1.21 bits per heavy atom. The van der Waals surface area contributed by atoms with E-state index in [4.69, 9.17) is 0 Å². The Kier molecular flexibility index (Phi) is 3.16. The third-order valence-electron chi connectivity index (χ3n) is 4.14. The molecule has 2 aliphatic rings. The van der Waals surface area contributed by atoms with E-state index in [9.17, 15) is 0 Å². The van der Waals surface area contributed by atoms with Gasteiger partial charge in [0.25, 0.3) is 0 Å². The maximum absolute atomic E-state index is 2.79. The Morgan fingerprint density at radius 3 is 2.50 bits per heavy atom. The van der Waals surface area contributed by atoms with Gasteiger partial charge in [0.2, 0.25) is 0 Å². The summed E-state index contributed by atoms with van der Waals surface area (Å²) < 4.78 is 0. The maximum atomic E-state index is 2.79. The summed E-state index contributed by atoms with van der Waals surface area (Å²) in [6.07, 6.45) is 8.71. The van der Waals surface area contributed by atoms with Gasteiger partial charge in [-0.3, -0.25) is 4.90 Å². The molecule has 3 atom stereocenters. The van der Waals surface area contributed by atoms with E-state index < -0.39 is 0 Å². The maximum Gasteiger partial charge on any atom is 0.0131 e. The standard InChI is InChI=1S/C13H25N/c1-4-11-8-13-9-12(14(11)13)7-5-6-10(2)3/h10-13H,4-9H2,1-3H3. The van der Waals surface area contributed by atoms with Gasteiger partial charge in [0, 0.05) is 18.1 Å². The van der Waals surface area contributed by atoms with Crippen LogP contribution in [0.5, 0.6) is 0 Å². The average molecular weight is 195 g/mol. The van der Waals surface area contributed by atoms with E-state index in [-0.39, 0.29) is 0 Å². The highest BCUT2D eigenvalue weighted by Crippen LogP contribution is 2.44. The van der Waals surface area contributed by atoms with Crippen molar-refractivity contribution >= 4 is 0 Å². The van der Waals surface area contributed by atoms with Crippen LogP contribution in [0.1, 0.15) is 59.3 Å². The zero-order chi connectivity index (χ0) is 10.1. The molecule has 1 heteroatoms. The zero-order valence-corrected chi connectivity index (χ0v) is 10.00. The third-order valence-corrected chi connectivity index (χ3v) is 4.14. The third kappa shape index (κ3) is 1.84. The van der Waals surface area contributed by atoms with E-state index in [2.05, 4.69) is 25.7 Å². The first-order chi connectivity index (χ1) is 6.72. The highest BCUT2D eigenvalue weighted by atomic mass is 15.3. The second-order valence-corrected chi connectivity index (χ2v) is 5.61. The van der Waals surface area contributed by atoms with Gasteiger partial charge in [-0.05, 0) is 31.6 Å². The van der Waals surface area contributed by atoms with Gasteiger partial charge in [0.05, 0.1) is 0 Å². The topological polar surface area (TPSA) is 3.24 Å². The molecule has 0 spiro atoms. The molecule has 2 aliphatic heterocycles. The summed E-state index contributed by atoms with van der Waals surface area (Å²) >= 11 is 0. The van der Waals surface area contributed by atoms with E-state index >= 15 is 0 Å². The summed E-state index contributed by atoms with van der Waals surface area (Å²) in [5, 5.41) is 0. The molecule has 0 saturated carbocycles. The molecule has 0 N–H and O–H groups in total. The van der Waals surface area contributed by atoms with Crippen molar-refractivity contribution in [2.45, 2.75) is 77.4 Å². The monoisotopic (exact) mass is 195 g/mol. The minimum Gasteiger partial charge on any atom is -0.294 e. The van der Waals surface area contributed by atoms with Crippen LogP contribution in [0.3, 0.4) is 0 Å². The van der Waals surface area contributed by atoms with Crippen LogP contribution < -0.4 is 0 Å². The Labute approximate surface area is 88.9 Å². The van der Waals surface area contributed by atoms with Gasteiger partial charge in [0.15, 0.2) is 0 Å². The lowest BCUT2D eigenvalue weighted by molar-refractivity contribution is -0.122. The first kappa shape index (κ1) is 10.5. The Morgan fingerprint density at radius 2 is 1.93 bits per heavy atom. The van der Waals surface area contributed by atoms with Crippen molar-refractivity contribution in [1.82, 2.24) is 4.90 Å². The first-order valence-electron chi connectivity index (χ1n) is 6.49. The van der Waals surface area contributed by atoms with Crippen LogP contribution in [0, 0.1) is 5.92 Å². The fourth-order valence-electron chi connectivity index (χ4n) is 3.24. The SMILES string of the molecule is CCC1CC2CC(CCCC(C)C)N12. The Balaban J connectivity index is 1.64. The predicted octanol–water partition coefficient (Wildman–Crippen LogP) is 3.44. The fraction of sp³-hybridized carbons (Fsp3) is 1.00. The molecule has 1 nitrogen and oxygen atoms in total. The average Bonchev–Trinajstić information content (AvgIpc) is 2.10. The lowest BCUT2D eigenvalue weighted by Gasteiger charge is -2.62. The summed E-state index contributed by atoms with van der Waals surface area (Å²) in [4.78, 5) is 2.79. The summed E-state index contributed by atoms with van der Waals surface area (Å²) in [5.41, 5.74) is 0. The normalized spacial score (nSPS) is 36.4. The molecule has 0 aromatic rings. The van der Waals surface area contributed by atoms with Gasteiger partial charge >= 0.3 is 0 Å². The van der Waals surface area contributed by atoms with Gasteiger partial charge in [-0.2, -0.15) is 0 Å². The molecule has 0 bridgehead atoms. The molecular formula is C13H25N. The quantitative estimate of drug-likeness (QED) is 0.649. The van der Waals surface area contributed by atoms with E-state index in [1.807, 2.05) is 0 Å². The van der Waals surface area contributed by atoms with Gasteiger partial charge in [0.1, 0.15) is 0 Å². The zero-order valence-electron chi connectivity index (χ0n) is 10.00. The predicted molar refractivity (Wildman–Crippen MR) is 61.4 cm³/mol. The van der Waals surface area contributed by atoms with Crippen molar-refractivity contribution in [2.24, 2.45) is 5.92 Å². The molecular weight excluding hydrogens is 170 g/mol. The van der Waals surface area contributed by atoms with E-state index in [1.165, 1.54) is 38.5 Å². The molecule has 0 radical (unpaired) electrons. The van der Waals surface area contributed by atoms with Gasteiger partial charge < -0.3 is 0 Å². The summed E-state index contributed by atoms with van der Waals surface area (Å²) in [6, 6.07) is 2.93. The van der Waals surface area contributed by atoms with Crippen LogP contribution in [-0.2, 0) is 0 Å². The van der Waals surface area contributed by atoms with Crippen LogP contribution in [-0.4, -0.2) is 23.0 Å². The number of rotatable bonds is 5. The molecule has 2 saturated heterocycles. The fourth-order valence-corrected chi connectivity index (χ4v) is 3.24. The summed E-state index contributed by atoms with van der Waals surface area (Å²) in [5.74, 6) is 0.893. The number of hydrogen-bond acceptors (Lipinski definition) is 1. The molecule has 2 fully saturated rings. The van der Waals surface area contributed by atoms with Crippen LogP contribution >= 0.6 is 0 Å². The molecule has 14 heavy (non-hydrogen) atoms. The van der Waals surface area contributed by atoms with E-state index in [1.54, 1.807) is 0 Å². The van der Waals surface area contributed by atoms with Crippen molar-refractivity contribution in [3.8, 4) is 0 Å². The number of fused-ring (bicyclic) bond motifs is 1. The molecule has 0 aromatic heterocycles. The highest BCUT2D eigenvalue weighted by Gasteiger charge is 2.49. The Bertz CT molecular complexity index is 188. The molecule has 0 aliphatic carbocycles. The van der Waals surface area contributed by atoms with Crippen molar-refractivity contribution in [1.29, 1.82) is 0 Å². The van der Waals surface area contributed by atoms with Crippen LogP contribution in [0.2, 0.25) is 0 Å². The Hall–Kier alpha value is -0.0400. The first-order valence-corrected chi connectivity index (χ1v) is 6.49. The minimum absolute atomic E-state index is 0.893. The smallest absolute Gasteiger partial charge is 0.0131 e. The van der Waals surface area contributed by atoms with Crippen molar-refractivity contribution in [3.63, 3.8) is 0 Å². The molecule has 0 amide bonds. The van der Waals surface area contributed by atoms with Gasteiger partial charge in [-0.15, -0.1) is 0 Å². The van der Waals surface area contributed by atoms with Crippen LogP contribution in [0.4, 0.5) is 0 Å². The van der Waals surface area contributed by atoms with Crippen molar-refractivity contribution in [3.05, 3.63) is 0 Å². The van der Waals surface area contributed by atoms with Crippen LogP contribution in [0.25, 0.3) is 0 Å². The largest absolute Gasteiger partial charge is 0.294 e. The number of nitrogens with zero attached hydrogens (tertiary/aromatic N) is 1. The lowest BCUT2D eigenvalue weighted by atomic mass is 9.74. The summed E-state index contributed by atoms with van der Waals surface area (Å²) in [7, 11) is 0. The molecule has 3 unspecified atom stereocenters. The molecule has 2 rings (SSSR count). The molecule has 0 aromatic carbocycles.